The van der Waals surface area contributed by atoms with Crippen LogP contribution in [0.1, 0.15) is 11.1 Å². The molecule has 0 aliphatic carbocycles. The highest BCUT2D eigenvalue weighted by Crippen LogP contribution is 2.16. The standard InChI is InChI=1S/C26H24ClN3O3S/c1-34-21-12-8-18(9-13-21)14-15-28-24(31)17-30-23-5-3-2-4-22(23)29(25(32)26(30)33)16-19-6-10-20(27)11-7-19/h2-13H,14-17H2,1H3,(H,28,31). The number of nitrogens with one attached hydrogen (secondary N) is 1. The van der Waals surface area contributed by atoms with E-state index < -0.39 is 11.1 Å². The van der Waals surface area contributed by atoms with E-state index in [0.29, 0.717) is 29.0 Å². The number of fused-ring (bicyclic) bond motifs is 1. The van der Waals surface area contributed by atoms with Gasteiger partial charge in [0.2, 0.25) is 5.91 Å². The largest absolute Gasteiger partial charge is 0.354 e. The Morgan fingerprint density at radius 2 is 1.44 bits per heavy atom. The van der Waals surface area contributed by atoms with Crippen molar-refractivity contribution in [3.63, 3.8) is 0 Å². The van der Waals surface area contributed by atoms with E-state index in [1.54, 1.807) is 48.2 Å². The van der Waals surface area contributed by atoms with E-state index >= 15 is 0 Å². The quantitative estimate of drug-likeness (QED) is 0.298. The van der Waals surface area contributed by atoms with E-state index in [2.05, 4.69) is 5.32 Å². The van der Waals surface area contributed by atoms with Crippen molar-refractivity contribution in [3.8, 4) is 0 Å². The van der Waals surface area contributed by atoms with Crippen molar-refractivity contribution in [1.29, 1.82) is 0 Å². The molecule has 0 unspecified atom stereocenters. The zero-order chi connectivity index (χ0) is 24.1. The number of hydrogen-bond donors (Lipinski definition) is 1. The van der Waals surface area contributed by atoms with Gasteiger partial charge in [-0.05, 0) is 60.2 Å². The number of carbonyl (C=O) groups is 1. The molecule has 0 saturated carbocycles. The molecule has 3 aromatic carbocycles. The lowest BCUT2D eigenvalue weighted by Gasteiger charge is -2.15. The third-order valence-corrected chi connectivity index (χ3v) is 6.58. The monoisotopic (exact) mass is 493 g/mol. The van der Waals surface area contributed by atoms with Gasteiger partial charge >= 0.3 is 11.1 Å². The van der Waals surface area contributed by atoms with Crippen molar-refractivity contribution in [2.75, 3.05) is 12.8 Å². The Bertz CT molecular complexity index is 1430. The van der Waals surface area contributed by atoms with Gasteiger partial charge in [0.15, 0.2) is 0 Å². The van der Waals surface area contributed by atoms with Crippen molar-refractivity contribution in [2.24, 2.45) is 0 Å². The number of rotatable bonds is 8. The molecule has 6 nitrogen and oxygen atoms in total. The van der Waals surface area contributed by atoms with Crippen LogP contribution < -0.4 is 16.4 Å². The molecule has 4 aromatic rings. The van der Waals surface area contributed by atoms with Gasteiger partial charge in [0.1, 0.15) is 6.54 Å². The van der Waals surface area contributed by atoms with Crippen LogP contribution in [0.3, 0.4) is 0 Å². The highest BCUT2D eigenvalue weighted by molar-refractivity contribution is 7.98. The number of nitrogens with zero attached hydrogens (tertiary/aromatic N) is 2. The van der Waals surface area contributed by atoms with Crippen LogP contribution in [-0.2, 0) is 24.3 Å². The average Bonchev–Trinajstić information content (AvgIpc) is 2.86. The number of carbonyl (C=O) groups excluding carboxylic acids is 1. The van der Waals surface area contributed by atoms with Crippen molar-refractivity contribution in [3.05, 3.63) is 110 Å². The third-order valence-electron chi connectivity index (χ3n) is 5.59. The molecule has 0 saturated heterocycles. The molecular formula is C26H24ClN3O3S. The second-order valence-electron chi connectivity index (χ2n) is 7.85. The summed E-state index contributed by atoms with van der Waals surface area (Å²) in [6.07, 6.45) is 2.70. The molecule has 8 heteroatoms. The van der Waals surface area contributed by atoms with Gasteiger partial charge in [0.05, 0.1) is 17.6 Å². The molecule has 174 valence electrons. The van der Waals surface area contributed by atoms with Gasteiger partial charge in [0.25, 0.3) is 0 Å². The third kappa shape index (κ3) is 5.43. The van der Waals surface area contributed by atoms with E-state index in [0.717, 1.165) is 11.1 Å². The first kappa shape index (κ1) is 23.9. The summed E-state index contributed by atoms with van der Waals surface area (Å²) < 4.78 is 2.69. The van der Waals surface area contributed by atoms with Crippen LogP contribution >= 0.6 is 23.4 Å². The summed E-state index contributed by atoms with van der Waals surface area (Å²) in [6, 6.07) is 22.4. The minimum Gasteiger partial charge on any atom is -0.354 e. The minimum atomic E-state index is -0.726. The Hall–Kier alpha value is -3.29. The predicted molar refractivity (Wildman–Crippen MR) is 138 cm³/mol. The topological polar surface area (TPSA) is 73.1 Å². The van der Waals surface area contributed by atoms with E-state index in [1.165, 1.54) is 14.0 Å². The normalized spacial score (nSPS) is 11.0. The van der Waals surface area contributed by atoms with E-state index in [9.17, 15) is 14.4 Å². The molecule has 0 atom stereocenters. The lowest BCUT2D eigenvalue weighted by atomic mass is 10.1. The molecule has 34 heavy (non-hydrogen) atoms. The molecule has 0 aliphatic rings. The molecule has 1 N–H and O–H groups in total. The van der Waals surface area contributed by atoms with Crippen LogP contribution in [0, 0.1) is 0 Å². The second kappa shape index (κ2) is 10.8. The summed E-state index contributed by atoms with van der Waals surface area (Å²) in [5.74, 6) is -0.317. The van der Waals surface area contributed by atoms with Gasteiger partial charge in [-0.3, -0.25) is 23.5 Å². The second-order valence-corrected chi connectivity index (χ2v) is 9.16. The number of aromatic nitrogens is 2. The Morgan fingerprint density at radius 3 is 2.09 bits per heavy atom. The van der Waals surface area contributed by atoms with Gasteiger partial charge in [-0.2, -0.15) is 0 Å². The number of benzene rings is 3. The highest BCUT2D eigenvalue weighted by Gasteiger charge is 2.15. The molecule has 1 heterocycles. The van der Waals surface area contributed by atoms with Crippen molar-refractivity contribution in [2.45, 2.75) is 24.4 Å². The van der Waals surface area contributed by atoms with Gasteiger partial charge < -0.3 is 5.32 Å². The van der Waals surface area contributed by atoms with Gasteiger partial charge in [-0.25, -0.2) is 0 Å². The van der Waals surface area contributed by atoms with Crippen LogP contribution in [0.25, 0.3) is 11.0 Å². The average molecular weight is 494 g/mol. The number of para-hydroxylation sites is 2. The molecule has 1 amide bonds. The van der Waals surface area contributed by atoms with Crippen molar-refractivity contribution in [1.82, 2.24) is 14.5 Å². The zero-order valence-electron chi connectivity index (χ0n) is 18.7. The summed E-state index contributed by atoms with van der Waals surface area (Å²) in [4.78, 5) is 39.8. The number of hydrogen-bond acceptors (Lipinski definition) is 4. The van der Waals surface area contributed by atoms with Gasteiger partial charge in [0, 0.05) is 16.5 Å². The van der Waals surface area contributed by atoms with E-state index in [4.69, 9.17) is 11.6 Å². The maximum Gasteiger partial charge on any atom is 0.317 e. The first-order chi connectivity index (χ1) is 16.5. The van der Waals surface area contributed by atoms with Crippen LogP contribution in [0.15, 0.2) is 87.3 Å². The lowest BCUT2D eigenvalue weighted by molar-refractivity contribution is -0.121. The number of halogens is 1. The van der Waals surface area contributed by atoms with Crippen LogP contribution in [0.5, 0.6) is 0 Å². The van der Waals surface area contributed by atoms with Crippen molar-refractivity contribution >= 4 is 40.3 Å². The van der Waals surface area contributed by atoms with Gasteiger partial charge in [-0.15, -0.1) is 11.8 Å². The first-order valence-electron chi connectivity index (χ1n) is 10.8. The molecule has 4 rings (SSSR count). The number of amides is 1. The predicted octanol–water partition coefficient (Wildman–Crippen LogP) is 3.95. The Labute approximate surface area is 206 Å². The summed E-state index contributed by atoms with van der Waals surface area (Å²) in [5, 5.41) is 3.45. The fourth-order valence-electron chi connectivity index (χ4n) is 3.79. The molecule has 1 aromatic heterocycles. The molecule has 0 bridgehead atoms. The zero-order valence-corrected chi connectivity index (χ0v) is 20.2. The fourth-order valence-corrected chi connectivity index (χ4v) is 4.33. The molecule has 0 fully saturated rings. The summed E-state index contributed by atoms with van der Waals surface area (Å²) in [5.41, 5.74) is 1.68. The van der Waals surface area contributed by atoms with Crippen LogP contribution in [-0.4, -0.2) is 27.8 Å². The minimum absolute atomic E-state index is 0.220. The van der Waals surface area contributed by atoms with E-state index in [1.807, 2.05) is 42.7 Å². The SMILES string of the molecule is CSc1ccc(CCNC(=O)Cn2c(=O)c(=O)n(Cc3ccc(Cl)cc3)c3ccccc32)cc1. The summed E-state index contributed by atoms with van der Waals surface area (Å²) in [6.45, 7) is 0.452. The highest BCUT2D eigenvalue weighted by atomic mass is 35.5. The summed E-state index contributed by atoms with van der Waals surface area (Å²) >= 11 is 7.64. The Morgan fingerprint density at radius 1 is 0.853 bits per heavy atom. The van der Waals surface area contributed by atoms with Crippen LogP contribution in [0.2, 0.25) is 5.02 Å². The maximum absolute atomic E-state index is 13.0. The molecule has 0 radical (unpaired) electrons. The Kier molecular flexibility index (Phi) is 7.55. The smallest absolute Gasteiger partial charge is 0.317 e. The number of thioether (sulfide) groups is 1. The van der Waals surface area contributed by atoms with Crippen LogP contribution in [0.4, 0.5) is 0 Å². The molecular weight excluding hydrogens is 470 g/mol. The van der Waals surface area contributed by atoms with Gasteiger partial charge in [-0.1, -0.05) is 48.0 Å². The van der Waals surface area contributed by atoms with Crippen molar-refractivity contribution < 1.29 is 4.79 Å². The fraction of sp³-hybridized carbons (Fsp3) is 0.192. The molecule has 0 aliphatic heterocycles. The summed E-state index contributed by atoms with van der Waals surface area (Å²) in [7, 11) is 0. The first-order valence-corrected chi connectivity index (χ1v) is 12.4. The maximum atomic E-state index is 13.0. The lowest BCUT2D eigenvalue weighted by Crippen LogP contribution is -2.44. The Balaban J connectivity index is 1.53. The van der Waals surface area contributed by atoms with E-state index in [-0.39, 0.29) is 19.0 Å². The molecule has 0 spiro atoms.